The Kier molecular flexibility index (Phi) is 4.34. The number of amides is 1. The van der Waals surface area contributed by atoms with Crippen LogP contribution in [0.3, 0.4) is 0 Å². The third-order valence-electron chi connectivity index (χ3n) is 5.83. The Bertz CT molecular complexity index is 1140. The standard InChI is InChI=1S/C21H24N6O3/c1-4-29-18-13-5-8-27(9-14(13)22-10-24-18)20(28)15-12(2)30-19-16(15)17(23-11-25-19)26-21(3)6-7-21/h10-11H,4-9H2,1-3H3,(H,23,25,26). The summed E-state index contributed by atoms with van der Waals surface area (Å²) in [4.78, 5) is 32.6. The van der Waals surface area contributed by atoms with Crippen molar-refractivity contribution in [2.75, 3.05) is 18.5 Å². The lowest BCUT2D eigenvalue weighted by atomic mass is 10.0. The molecule has 4 heterocycles. The Morgan fingerprint density at radius 1 is 1.27 bits per heavy atom. The summed E-state index contributed by atoms with van der Waals surface area (Å²) in [5.41, 5.74) is 2.75. The van der Waals surface area contributed by atoms with Gasteiger partial charge in [0.15, 0.2) is 0 Å². The van der Waals surface area contributed by atoms with Crippen molar-refractivity contribution in [2.45, 2.75) is 52.1 Å². The minimum Gasteiger partial charge on any atom is -0.478 e. The number of rotatable bonds is 5. The molecule has 1 fully saturated rings. The normalized spacial score (nSPS) is 17.0. The van der Waals surface area contributed by atoms with Gasteiger partial charge in [-0.15, -0.1) is 0 Å². The number of carbonyl (C=O) groups excluding carboxylic acids is 1. The summed E-state index contributed by atoms with van der Waals surface area (Å²) in [5, 5.41) is 4.11. The molecule has 1 aliphatic heterocycles. The topological polar surface area (TPSA) is 106 Å². The molecule has 3 aromatic heterocycles. The predicted octanol–water partition coefficient (Wildman–Crippen LogP) is 2.88. The highest BCUT2D eigenvalue weighted by molar-refractivity contribution is 6.10. The Morgan fingerprint density at radius 2 is 2.07 bits per heavy atom. The van der Waals surface area contributed by atoms with Gasteiger partial charge in [0.2, 0.25) is 11.6 Å². The quantitative estimate of drug-likeness (QED) is 0.687. The first-order chi connectivity index (χ1) is 14.5. The molecule has 0 radical (unpaired) electrons. The second-order valence-electron chi connectivity index (χ2n) is 8.14. The number of anilines is 1. The molecular formula is C21H24N6O3. The number of ether oxygens (including phenoxy) is 1. The van der Waals surface area contributed by atoms with Crippen LogP contribution in [0.25, 0.3) is 11.1 Å². The molecule has 5 rings (SSSR count). The van der Waals surface area contributed by atoms with E-state index in [9.17, 15) is 4.79 Å². The van der Waals surface area contributed by atoms with Crippen LogP contribution in [-0.2, 0) is 13.0 Å². The first kappa shape index (κ1) is 18.8. The Morgan fingerprint density at radius 3 is 2.83 bits per heavy atom. The van der Waals surface area contributed by atoms with Crippen molar-refractivity contribution >= 4 is 22.8 Å². The van der Waals surface area contributed by atoms with Crippen LogP contribution < -0.4 is 10.1 Å². The zero-order chi connectivity index (χ0) is 20.9. The van der Waals surface area contributed by atoms with E-state index in [-0.39, 0.29) is 11.4 Å². The maximum absolute atomic E-state index is 13.6. The number of furan rings is 1. The lowest BCUT2D eigenvalue weighted by Gasteiger charge is -2.28. The van der Waals surface area contributed by atoms with E-state index in [1.54, 1.807) is 11.8 Å². The van der Waals surface area contributed by atoms with Gasteiger partial charge in [-0.1, -0.05) is 0 Å². The zero-order valence-corrected chi connectivity index (χ0v) is 17.4. The van der Waals surface area contributed by atoms with Crippen LogP contribution in [0.2, 0.25) is 0 Å². The highest BCUT2D eigenvalue weighted by Gasteiger charge is 2.39. The lowest BCUT2D eigenvalue weighted by Crippen LogP contribution is -2.37. The van der Waals surface area contributed by atoms with Crippen LogP contribution in [0.15, 0.2) is 17.1 Å². The third-order valence-corrected chi connectivity index (χ3v) is 5.83. The van der Waals surface area contributed by atoms with Crippen molar-refractivity contribution in [3.05, 3.63) is 35.2 Å². The summed E-state index contributed by atoms with van der Waals surface area (Å²) in [5.74, 6) is 1.70. The van der Waals surface area contributed by atoms with Crippen LogP contribution in [0.5, 0.6) is 5.88 Å². The molecule has 30 heavy (non-hydrogen) atoms. The van der Waals surface area contributed by atoms with Gasteiger partial charge in [0.25, 0.3) is 5.91 Å². The average molecular weight is 408 g/mol. The van der Waals surface area contributed by atoms with E-state index in [1.165, 1.54) is 12.7 Å². The summed E-state index contributed by atoms with van der Waals surface area (Å²) in [7, 11) is 0. The number of hydrogen-bond acceptors (Lipinski definition) is 8. The summed E-state index contributed by atoms with van der Waals surface area (Å²) in [6.07, 6.45) is 5.75. The number of fused-ring (bicyclic) bond motifs is 2. The molecule has 0 aromatic carbocycles. The molecular weight excluding hydrogens is 384 g/mol. The van der Waals surface area contributed by atoms with Gasteiger partial charge in [-0.2, -0.15) is 0 Å². The first-order valence-corrected chi connectivity index (χ1v) is 10.3. The molecule has 0 unspecified atom stereocenters. The van der Waals surface area contributed by atoms with Crippen LogP contribution in [0, 0.1) is 6.92 Å². The largest absolute Gasteiger partial charge is 0.478 e. The van der Waals surface area contributed by atoms with Crippen molar-refractivity contribution < 1.29 is 13.9 Å². The highest BCUT2D eigenvalue weighted by atomic mass is 16.5. The Labute approximate surface area is 173 Å². The summed E-state index contributed by atoms with van der Waals surface area (Å²) in [6.45, 7) is 7.37. The molecule has 3 aromatic rings. The molecule has 0 atom stereocenters. The molecule has 9 heteroatoms. The van der Waals surface area contributed by atoms with Crippen LogP contribution in [-0.4, -0.2) is 49.4 Å². The van der Waals surface area contributed by atoms with Crippen molar-refractivity contribution in [3.63, 3.8) is 0 Å². The molecule has 156 valence electrons. The number of aryl methyl sites for hydroxylation is 1. The maximum atomic E-state index is 13.6. The fourth-order valence-electron chi connectivity index (χ4n) is 3.91. The number of aromatic nitrogens is 4. The van der Waals surface area contributed by atoms with Crippen molar-refractivity contribution in [1.29, 1.82) is 0 Å². The number of nitrogens with one attached hydrogen (secondary N) is 1. The second-order valence-corrected chi connectivity index (χ2v) is 8.14. The minimum absolute atomic E-state index is 0.0173. The molecule has 0 saturated heterocycles. The molecule has 0 bridgehead atoms. The first-order valence-electron chi connectivity index (χ1n) is 10.3. The van der Waals surface area contributed by atoms with Crippen LogP contribution in [0.4, 0.5) is 5.82 Å². The van der Waals surface area contributed by atoms with Gasteiger partial charge in [-0.25, -0.2) is 19.9 Å². The Balaban J connectivity index is 1.50. The summed E-state index contributed by atoms with van der Waals surface area (Å²) < 4.78 is 11.4. The van der Waals surface area contributed by atoms with E-state index >= 15 is 0 Å². The molecule has 9 nitrogen and oxygen atoms in total. The smallest absolute Gasteiger partial charge is 0.258 e. The average Bonchev–Trinajstić information content (AvgIpc) is 3.35. The number of hydrogen-bond donors (Lipinski definition) is 1. The lowest BCUT2D eigenvalue weighted by molar-refractivity contribution is 0.0730. The molecule has 1 N–H and O–H groups in total. The third kappa shape index (κ3) is 3.14. The van der Waals surface area contributed by atoms with Gasteiger partial charge in [0.05, 0.1) is 29.8 Å². The second kappa shape index (κ2) is 6.93. The zero-order valence-electron chi connectivity index (χ0n) is 17.4. The molecule has 1 saturated carbocycles. The fraction of sp³-hybridized carbons (Fsp3) is 0.476. The van der Waals surface area contributed by atoms with Gasteiger partial charge in [-0.05, 0) is 40.0 Å². The van der Waals surface area contributed by atoms with Crippen molar-refractivity contribution in [2.24, 2.45) is 0 Å². The van der Waals surface area contributed by atoms with Gasteiger partial charge >= 0.3 is 0 Å². The molecule has 2 aliphatic rings. The van der Waals surface area contributed by atoms with Crippen molar-refractivity contribution in [1.82, 2.24) is 24.8 Å². The number of carbonyl (C=O) groups is 1. The fourth-order valence-corrected chi connectivity index (χ4v) is 3.91. The highest BCUT2D eigenvalue weighted by Crippen LogP contribution is 2.40. The van der Waals surface area contributed by atoms with E-state index < -0.39 is 0 Å². The molecule has 1 aliphatic carbocycles. The van der Waals surface area contributed by atoms with Gasteiger partial charge in [0.1, 0.15) is 24.2 Å². The SMILES string of the molecule is CCOc1ncnc2c1CCN(C(=O)c1c(C)oc3ncnc(NC4(C)CC4)c13)C2. The predicted molar refractivity (Wildman–Crippen MR) is 109 cm³/mol. The van der Waals surface area contributed by atoms with Gasteiger partial charge in [-0.3, -0.25) is 4.79 Å². The number of nitrogens with zero attached hydrogens (tertiary/aromatic N) is 5. The van der Waals surface area contributed by atoms with Gasteiger partial charge in [0, 0.05) is 17.6 Å². The van der Waals surface area contributed by atoms with E-state index in [0.717, 1.165) is 24.1 Å². The van der Waals surface area contributed by atoms with E-state index in [4.69, 9.17) is 9.15 Å². The Hall–Kier alpha value is -3.23. The van der Waals surface area contributed by atoms with Crippen LogP contribution in [0.1, 0.15) is 54.1 Å². The van der Waals surface area contributed by atoms with Gasteiger partial charge < -0.3 is 19.4 Å². The maximum Gasteiger partial charge on any atom is 0.258 e. The summed E-state index contributed by atoms with van der Waals surface area (Å²) in [6, 6.07) is 0. The van der Waals surface area contributed by atoms with E-state index in [1.807, 2.05) is 6.92 Å². The van der Waals surface area contributed by atoms with Crippen molar-refractivity contribution in [3.8, 4) is 5.88 Å². The monoisotopic (exact) mass is 408 g/mol. The van der Waals surface area contributed by atoms with Crippen LogP contribution >= 0.6 is 0 Å². The molecule has 0 spiro atoms. The van der Waals surface area contributed by atoms with E-state index in [2.05, 4.69) is 32.2 Å². The minimum atomic E-state index is -0.104. The summed E-state index contributed by atoms with van der Waals surface area (Å²) >= 11 is 0. The molecule has 1 amide bonds. The van der Waals surface area contributed by atoms with E-state index in [0.29, 0.717) is 60.2 Å².